The summed E-state index contributed by atoms with van der Waals surface area (Å²) in [5, 5.41) is 34.6. The molecule has 540 valence electrons. The lowest BCUT2D eigenvalue weighted by Crippen LogP contribution is -2.64. The highest BCUT2D eigenvalue weighted by Gasteiger charge is 2.47. The molecule has 11 amide bonds. The van der Waals surface area contributed by atoms with E-state index in [0.717, 1.165) is 14.7 Å². The van der Waals surface area contributed by atoms with Crippen molar-refractivity contribution in [3.8, 4) is 0 Å². The third kappa shape index (κ3) is 25.1. The van der Waals surface area contributed by atoms with Crippen molar-refractivity contribution in [2.45, 2.75) is 241 Å². The van der Waals surface area contributed by atoms with Gasteiger partial charge in [0, 0.05) is 62.4 Å². The average Bonchev–Trinajstić information content (AvgIpc) is 0.810. The Hall–Kier alpha value is -6.25. The molecular formula is C68H124N12O14. The van der Waals surface area contributed by atoms with Crippen LogP contribution in [0.2, 0.25) is 0 Å². The number of nitrogens with one attached hydrogen (secondary N) is 4. The van der Waals surface area contributed by atoms with E-state index in [4.69, 9.17) is 4.74 Å². The molecule has 94 heavy (non-hydrogen) atoms. The van der Waals surface area contributed by atoms with E-state index < -0.39 is 168 Å². The van der Waals surface area contributed by atoms with E-state index >= 15 is 28.8 Å². The summed E-state index contributed by atoms with van der Waals surface area (Å²) in [5.41, 5.74) is -1.61. The number of ether oxygens (including phenoxy) is 1. The fourth-order valence-corrected chi connectivity index (χ4v) is 11.7. The molecule has 1 aliphatic heterocycles. The zero-order valence-corrected chi connectivity index (χ0v) is 62.0. The minimum atomic E-state index is -1.68. The number of aliphatic hydroxyl groups is 2. The third-order valence-corrected chi connectivity index (χ3v) is 17.6. The summed E-state index contributed by atoms with van der Waals surface area (Å²) in [4.78, 5) is 174. The summed E-state index contributed by atoms with van der Waals surface area (Å²) in [6, 6.07) is -14.7. The summed E-state index contributed by atoms with van der Waals surface area (Å²) in [6.07, 6.45) is 2.76. The summed E-state index contributed by atoms with van der Waals surface area (Å²) in [6.45, 7) is 29.2. The quantitative estimate of drug-likeness (QED) is 0.0711. The van der Waals surface area contributed by atoms with Crippen LogP contribution in [0.5, 0.6) is 0 Å². The standard InChI is InChI=1S/C68H124N12O14/c1-27-29-31-44(13)56(81)55-60(85)71-47(28-2)62(87)78(24)52(38-94-33-30-32-73(18)19)65(90)77(23)51(37-68(16,17)93)59(84)72-53(42(9)10)66(91)74(20)48(34-39(3)4)58(83)69-45(14)57(82)70-46(15)61(86)75(21)49(35-40(5)6)63(88)76(22)50(36-41(7)8)64(89)79(25)54(43(11)12)67(92)80(55)26/h27,29,39-56,81,93H,28,30-38H2,1-26H3,(H,69,83)(H,70,82)(H,71,85)(H,72,84)/t44-,45+,46-,47+,48+,49+,50+,51+,52-,53+,54+,55+,56-/m1/s1. The van der Waals surface area contributed by atoms with Gasteiger partial charge >= 0.3 is 0 Å². The Labute approximate surface area is 562 Å². The SMILES string of the molecule is CC=CC[C@@H](C)[C@@H](O)[C@H]1C(=O)N[C@@H](CC)C(=O)N(C)[C@H](COCCCN(C)C)C(=O)N(C)[C@@H](CC(C)(C)O)C(=O)N[C@@H](C(C)C)C(=O)N(C)[C@@H](CC(C)C)C(=O)N[C@@H](C)C(=O)N[C@H](C)C(=O)N(C)[C@@H](CC(C)C)C(=O)N(C)[C@@H](CC(C)C)C(=O)N(C)[C@@H](C(C)C)C(=O)N1C. The van der Waals surface area contributed by atoms with Gasteiger partial charge in [0.15, 0.2) is 0 Å². The van der Waals surface area contributed by atoms with Gasteiger partial charge in [-0.25, -0.2) is 0 Å². The first-order valence-electron chi connectivity index (χ1n) is 33.6. The van der Waals surface area contributed by atoms with Gasteiger partial charge in [-0.2, -0.15) is 0 Å². The first kappa shape index (κ1) is 85.8. The average molecular weight is 1330 g/mol. The number of rotatable bonds is 21. The molecule has 0 aliphatic carbocycles. The molecule has 0 radical (unpaired) electrons. The number of aliphatic hydroxyl groups excluding tert-OH is 1. The van der Waals surface area contributed by atoms with Crippen LogP contribution in [0.15, 0.2) is 12.2 Å². The van der Waals surface area contributed by atoms with Crippen molar-refractivity contribution in [1.82, 2.24) is 60.5 Å². The first-order valence-corrected chi connectivity index (χ1v) is 33.6. The zero-order chi connectivity index (χ0) is 72.9. The monoisotopic (exact) mass is 1330 g/mol. The summed E-state index contributed by atoms with van der Waals surface area (Å²) >= 11 is 0. The van der Waals surface area contributed by atoms with Crippen molar-refractivity contribution in [2.24, 2.45) is 35.5 Å². The van der Waals surface area contributed by atoms with Crippen molar-refractivity contribution in [3.63, 3.8) is 0 Å². The molecule has 26 nitrogen and oxygen atoms in total. The second-order valence-corrected chi connectivity index (χ2v) is 28.9. The Kier molecular flexibility index (Phi) is 35.7. The number of allylic oxidation sites excluding steroid dienone is 2. The lowest BCUT2D eigenvalue weighted by molar-refractivity contribution is -0.157. The van der Waals surface area contributed by atoms with Gasteiger partial charge in [0.25, 0.3) is 0 Å². The van der Waals surface area contributed by atoms with Crippen LogP contribution in [0.3, 0.4) is 0 Å². The van der Waals surface area contributed by atoms with E-state index in [9.17, 15) is 34.2 Å². The number of likely N-dealkylation sites (N-methyl/N-ethyl adjacent to an activating group) is 7. The van der Waals surface area contributed by atoms with Crippen molar-refractivity contribution < 1.29 is 67.7 Å². The number of nitrogens with zero attached hydrogens (tertiary/aromatic N) is 8. The van der Waals surface area contributed by atoms with Crippen LogP contribution in [0.25, 0.3) is 0 Å². The molecule has 0 unspecified atom stereocenters. The fourth-order valence-electron chi connectivity index (χ4n) is 11.7. The number of hydrogen-bond acceptors (Lipinski definition) is 15. The van der Waals surface area contributed by atoms with Gasteiger partial charge in [-0.15, -0.1) is 0 Å². The van der Waals surface area contributed by atoms with Crippen LogP contribution in [-0.4, -0.2) is 276 Å². The van der Waals surface area contributed by atoms with Crippen LogP contribution < -0.4 is 21.3 Å². The first-order chi connectivity index (χ1) is 43.3. The molecule has 1 rings (SSSR count). The highest BCUT2D eigenvalue weighted by atomic mass is 16.5. The molecule has 0 saturated carbocycles. The molecule has 6 N–H and O–H groups in total. The summed E-state index contributed by atoms with van der Waals surface area (Å²) < 4.78 is 6.10. The molecule has 0 spiro atoms. The normalized spacial score (nSPS) is 26.5. The van der Waals surface area contributed by atoms with Crippen molar-refractivity contribution in [3.05, 3.63) is 12.2 Å². The van der Waals surface area contributed by atoms with E-state index in [0.29, 0.717) is 13.0 Å². The second-order valence-electron chi connectivity index (χ2n) is 28.9. The number of carbonyl (C=O) groups is 11. The van der Waals surface area contributed by atoms with E-state index in [-0.39, 0.29) is 62.9 Å². The maximum absolute atomic E-state index is 15.3. The Balaban J connectivity index is 4.57. The highest BCUT2D eigenvalue weighted by Crippen LogP contribution is 2.26. The largest absolute Gasteiger partial charge is 0.390 e. The van der Waals surface area contributed by atoms with Gasteiger partial charge < -0.3 is 75.4 Å². The zero-order valence-electron chi connectivity index (χ0n) is 62.0. The van der Waals surface area contributed by atoms with E-state index in [2.05, 4.69) is 21.3 Å². The van der Waals surface area contributed by atoms with Gasteiger partial charge in [-0.05, 0) is 129 Å². The summed E-state index contributed by atoms with van der Waals surface area (Å²) in [5.74, 6) is -10.6. The molecule has 0 aromatic rings. The van der Waals surface area contributed by atoms with Crippen LogP contribution in [-0.2, 0) is 57.5 Å². The number of carbonyl (C=O) groups excluding carboxylic acids is 11. The van der Waals surface area contributed by atoms with Gasteiger partial charge in [-0.3, -0.25) is 52.7 Å². The highest BCUT2D eigenvalue weighted by molar-refractivity contribution is 6.00. The molecule has 1 fully saturated rings. The fraction of sp³-hybridized carbons (Fsp3) is 0.809. The Bertz CT molecular complexity index is 2560. The van der Waals surface area contributed by atoms with Crippen LogP contribution >= 0.6 is 0 Å². The molecule has 13 atom stereocenters. The molecule has 26 heteroatoms. The van der Waals surface area contributed by atoms with E-state index in [1.54, 1.807) is 60.6 Å². The second kappa shape index (κ2) is 39.1. The van der Waals surface area contributed by atoms with Crippen LogP contribution in [0.4, 0.5) is 0 Å². The van der Waals surface area contributed by atoms with Gasteiger partial charge in [0.1, 0.15) is 66.5 Å². The van der Waals surface area contributed by atoms with Gasteiger partial charge in [-0.1, -0.05) is 95.2 Å². The van der Waals surface area contributed by atoms with Crippen LogP contribution in [0, 0.1) is 35.5 Å². The van der Waals surface area contributed by atoms with E-state index in [1.165, 1.54) is 96.6 Å². The lowest BCUT2D eigenvalue weighted by Gasteiger charge is -2.41. The predicted molar refractivity (Wildman–Crippen MR) is 363 cm³/mol. The number of hydrogen-bond donors (Lipinski definition) is 6. The molecule has 1 aliphatic rings. The maximum atomic E-state index is 15.3. The predicted octanol–water partition coefficient (Wildman–Crippen LogP) is 2.72. The number of amides is 11. The molecule has 0 bridgehead atoms. The van der Waals surface area contributed by atoms with Crippen molar-refractivity contribution in [1.29, 1.82) is 0 Å². The molecular weight excluding hydrogens is 1210 g/mol. The van der Waals surface area contributed by atoms with E-state index in [1.807, 2.05) is 60.5 Å². The molecule has 1 heterocycles. The Morgan fingerprint density at radius 1 is 0.521 bits per heavy atom. The van der Waals surface area contributed by atoms with Gasteiger partial charge in [0.05, 0.1) is 18.3 Å². The molecule has 1 saturated heterocycles. The smallest absolute Gasteiger partial charge is 0.248 e. The van der Waals surface area contributed by atoms with Crippen LogP contribution in [0.1, 0.15) is 163 Å². The lowest BCUT2D eigenvalue weighted by atomic mass is 9.91. The summed E-state index contributed by atoms with van der Waals surface area (Å²) in [7, 11) is 13.5. The van der Waals surface area contributed by atoms with Crippen molar-refractivity contribution in [2.75, 3.05) is 83.2 Å². The minimum Gasteiger partial charge on any atom is -0.390 e. The maximum Gasteiger partial charge on any atom is 0.248 e. The van der Waals surface area contributed by atoms with Gasteiger partial charge in [0.2, 0.25) is 65.0 Å². The molecule has 0 aromatic carbocycles. The Morgan fingerprint density at radius 2 is 0.957 bits per heavy atom. The minimum absolute atomic E-state index is 0.0587. The topological polar surface area (TPSA) is 312 Å². The Morgan fingerprint density at radius 3 is 1.43 bits per heavy atom. The van der Waals surface area contributed by atoms with Crippen molar-refractivity contribution >= 4 is 65.0 Å². The third-order valence-electron chi connectivity index (χ3n) is 17.6. The molecule has 0 aromatic heterocycles.